The maximum absolute atomic E-state index is 14.6. The maximum atomic E-state index is 14.6. The van der Waals surface area contributed by atoms with Gasteiger partial charge in [-0.1, -0.05) is 82.6 Å². The zero-order chi connectivity index (χ0) is 43.1. The van der Waals surface area contributed by atoms with Crippen molar-refractivity contribution in [2.75, 3.05) is 19.7 Å². The second-order valence-corrected chi connectivity index (χ2v) is 16.6. The molecule has 7 amide bonds. The van der Waals surface area contributed by atoms with Crippen molar-refractivity contribution in [3.05, 3.63) is 71.9 Å². The third kappa shape index (κ3) is 9.97. The summed E-state index contributed by atoms with van der Waals surface area (Å²) in [6, 6.07) is 10.5. The molecule has 16 nitrogen and oxygen atoms in total. The largest absolute Gasteiger partial charge is 0.394 e. The summed E-state index contributed by atoms with van der Waals surface area (Å²) in [5.41, 5.74) is 2.24. The number of benzene rings is 2. The zero-order valence-electron chi connectivity index (χ0n) is 34.7. The summed E-state index contributed by atoms with van der Waals surface area (Å²) in [5, 5.41) is 25.2. The van der Waals surface area contributed by atoms with Crippen LogP contribution in [-0.2, 0) is 46.4 Å². The Morgan fingerprint density at radius 1 is 0.633 bits per heavy atom. The Kier molecular flexibility index (Phi) is 14.3. The van der Waals surface area contributed by atoms with E-state index >= 15 is 0 Å². The fourth-order valence-electron chi connectivity index (χ4n) is 8.42. The molecule has 6 rings (SSSR count). The molecule has 0 unspecified atom stereocenters. The van der Waals surface area contributed by atoms with Crippen molar-refractivity contribution in [1.82, 2.24) is 41.4 Å². The molecule has 3 saturated heterocycles. The number of nitrogens with zero attached hydrogens (tertiary/aromatic N) is 2. The van der Waals surface area contributed by atoms with Gasteiger partial charge in [-0.05, 0) is 60.6 Å². The van der Waals surface area contributed by atoms with Crippen LogP contribution in [0.25, 0.3) is 10.9 Å². The van der Waals surface area contributed by atoms with Crippen LogP contribution in [0.4, 0.5) is 0 Å². The third-order valence-corrected chi connectivity index (χ3v) is 12.1. The van der Waals surface area contributed by atoms with E-state index in [0.717, 1.165) is 10.9 Å². The molecule has 16 heteroatoms. The van der Waals surface area contributed by atoms with Crippen LogP contribution in [0.5, 0.6) is 0 Å². The summed E-state index contributed by atoms with van der Waals surface area (Å²) >= 11 is 0. The lowest BCUT2D eigenvalue weighted by Crippen LogP contribution is -2.61. The van der Waals surface area contributed by atoms with Gasteiger partial charge in [0.15, 0.2) is 0 Å². The Balaban J connectivity index is 1.38. The van der Waals surface area contributed by atoms with E-state index in [2.05, 4.69) is 31.6 Å². The quantitative estimate of drug-likeness (QED) is 0.174. The highest BCUT2D eigenvalue weighted by Crippen LogP contribution is 2.25. The number of carbonyl (C=O) groups is 7. The summed E-state index contributed by atoms with van der Waals surface area (Å²) in [6.07, 6.45) is 2.20. The fourth-order valence-corrected chi connectivity index (χ4v) is 8.42. The van der Waals surface area contributed by atoms with Crippen LogP contribution >= 0.6 is 0 Å². The highest BCUT2D eigenvalue weighted by atomic mass is 16.3. The minimum Gasteiger partial charge on any atom is -0.394 e. The summed E-state index contributed by atoms with van der Waals surface area (Å²) in [4.78, 5) is 106. The first-order valence-electron chi connectivity index (χ1n) is 21.1. The number of aromatic nitrogens is 1. The first-order valence-corrected chi connectivity index (χ1v) is 21.1. The lowest BCUT2D eigenvalue weighted by Gasteiger charge is -2.33. The number of aromatic amines is 1. The molecule has 3 aliphatic heterocycles. The first kappa shape index (κ1) is 43.8. The van der Waals surface area contributed by atoms with Gasteiger partial charge in [-0.25, -0.2) is 0 Å². The van der Waals surface area contributed by atoms with Crippen LogP contribution in [0.2, 0.25) is 0 Å². The van der Waals surface area contributed by atoms with E-state index in [1.807, 2.05) is 43.3 Å². The predicted octanol–water partition coefficient (Wildman–Crippen LogP) is 1.07. The Morgan fingerprint density at radius 2 is 1.20 bits per heavy atom. The number of H-pyrrole nitrogens is 1. The van der Waals surface area contributed by atoms with E-state index in [-0.39, 0.29) is 25.9 Å². The van der Waals surface area contributed by atoms with Gasteiger partial charge in [0, 0.05) is 37.1 Å². The van der Waals surface area contributed by atoms with Crippen molar-refractivity contribution >= 4 is 52.3 Å². The minimum atomic E-state index is -1.50. The molecule has 3 fully saturated rings. The van der Waals surface area contributed by atoms with E-state index in [0.29, 0.717) is 43.4 Å². The summed E-state index contributed by atoms with van der Waals surface area (Å²) in [5.74, 6) is -5.19. The summed E-state index contributed by atoms with van der Waals surface area (Å²) in [6.45, 7) is 6.80. The van der Waals surface area contributed by atoms with Gasteiger partial charge >= 0.3 is 0 Å². The molecular weight excluding hydrogens is 769 g/mol. The number of rotatable bonds is 8. The van der Waals surface area contributed by atoms with Crippen molar-refractivity contribution in [3.63, 3.8) is 0 Å². The van der Waals surface area contributed by atoms with Gasteiger partial charge in [-0.3, -0.25) is 33.6 Å². The van der Waals surface area contributed by atoms with Gasteiger partial charge < -0.3 is 46.5 Å². The van der Waals surface area contributed by atoms with Crippen molar-refractivity contribution < 1.29 is 38.7 Å². The molecule has 322 valence electrons. The number of carbonyl (C=O) groups excluding carboxylic acids is 7. The van der Waals surface area contributed by atoms with Gasteiger partial charge in [0.05, 0.1) is 6.61 Å². The molecular formula is C44H58N8O8. The molecule has 4 heterocycles. The lowest BCUT2D eigenvalue weighted by atomic mass is 9.97. The highest BCUT2D eigenvalue weighted by Gasteiger charge is 2.44. The maximum Gasteiger partial charge on any atom is 0.246 e. The minimum absolute atomic E-state index is 0.0213. The summed E-state index contributed by atoms with van der Waals surface area (Å²) < 4.78 is 0. The normalized spacial score (nSPS) is 27.0. The van der Waals surface area contributed by atoms with Gasteiger partial charge in [0.1, 0.15) is 42.3 Å². The van der Waals surface area contributed by atoms with E-state index in [1.54, 1.807) is 45.0 Å². The Labute approximate surface area is 350 Å². The van der Waals surface area contributed by atoms with Crippen LogP contribution in [0.1, 0.15) is 71.1 Å². The number of hydrogen-bond acceptors (Lipinski definition) is 8. The molecule has 0 bridgehead atoms. The van der Waals surface area contributed by atoms with E-state index in [4.69, 9.17) is 0 Å². The Morgan fingerprint density at radius 3 is 1.83 bits per heavy atom. The van der Waals surface area contributed by atoms with Crippen molar-refractivity contribution in [3.8, 4) is 0 Å². The number of nitrogens with one attached hydrogen (secondary N) is 6. The van der Waals surface area contributed by atoms with E-state index in [9.17, 15) is 38.7 Å². The molecule has 2 aromatic carbocycles. The topological polar surface area (TPSA) is 222 Å². The molecule has 8 atom stereocenters. The second kappa shape index (κ2) is 19.5. The monoisotopic (exact) mass is 826 g/mol. The lowest BCUT2D eigenvalue weighted by molar-refractivity contribution is -0.145. The van der Waals surface area contributed by atoms with Gasteiger partial charge in [0.2, 0.25) is 41.4 Å². The third-order valence-electron chi connectivity index (χ3n) is 12.1. The molecule has 7 N–H and O–H groups in total. The second-order valence-electron chi connectivity index (χ2n) is 16.6. The number of para-hydroxylation sites is 1. The first-order chi connectivity index (χ1) is 28.8. The zero-order valence-corrected chi connectivity index (χ0v) is 34.7. The average molecular weight is 827 g/mol. The van der Waals surface area contributed by atoms with Crippen LogP contribution in [-0.4, -0.2) is 123 Å². The smallest absolute Gasteiger partial charge is 0.246 e. The number of amides is 7. The molecule has 3 aromatic rings. The van der Waals surface area contributed by atoms with Crippen molar-refractivity contribution in [2.24, 2.45) is 11.8 Å². The molecule has 0 aliphatic carbocycles. The SMILES string of the molecule is CC[C@H](C)[C@@H]1NC(=O)[C@@H]2CCCN2C(=O)[C@H](Cc2cc3ccccc3[nH]2)NC(=O)[C@@H]2CCCN2C(=O)[C@H](C(C)C)NC(=O)[C@H](Cc2ccccc2)NC(=O)[C@H](CO)NC1=O. The Hall–Kier alpha value is -5.77. The Bertz CT molecular complexity index is 2020. The molecule has 0 spiro atoms. The number of fused-ring (bicyclic) bond motifs is 3. The molecule has 1 aromatic heterocycles. The highest BCUT2D eigenvalue weighted by molar-refractivity contribution is 5.99. The molecule has 0 radical (unpaired) electrons. The molecule has 0 saturated carbocycles. The molecule has 60 heavy (non-hydrogen) atoms. The fraction of sp³-hybridized carbons (Fsp3) is 0.523. The van der Waals surface area contributed by atoms with Crippen molar-refractivity contribution in [2.45, 2.75) is 115 Å². The average Bonchev–Trinajstić information content (AvgIpc) is 4.03. The summed E-state index contributed by atoms with van der Waals surface area (Å²) in [7, 11) is 0. The van der Waals surface area contributed by atoms with Gasteiger partial charge in [0.25, 0.3) is 0 Å². The van der Waals surface area contributed by atoms with E-state index in [1.165, 1.54) is 9.80 Å². The van der Waals surface area contributed by atoms with Gasteiger partial charge in [-0.15, -0.1) is 0 Å². The predicted molar refractivity (Wildman–Crippen MR) is 223 cm³/mol. The molecule has 3 aliphatic rings. The van der Waals surface area contributed by atoms with Crippen LogP contribution < -0.4 is 26.6 Å². The standard InChI is InChI=1S/C44H58N8O8/c1-5-26(4)37-42(58)48-33(24-53)39(55)46-31(21-27-13-7-6-8-14-27)38(54)49-36(25(2)3)44(60)52-20-12-17-34(52)40(56)47-32(23-29-22-28-15-9-10-16-30(28)45-29)43(59)51-19-11-18-35(51)41(57)50-37/h6-10,13-16,22,25-26,31-37,45,53H,5,11-12,17-21,23-24H2,1-4H3,(H,46,55)(H,47,56)(H,48,58)(H,49,54)(H,50,57)/t26-,31-,32-,33-,34-,35-,36-,37-/m0/s1. The van der Waals surface area contributed by atoms with Crippen LogP contribution in [0.3, 0.4) is 0 Å². The van der Waals surface area contributed by atoms with Crippen molar-refractivity contribution in [1.29, 1.82) is 0 Å². The number of hydrogen-bond donors (Lipinski definition) is 7. The number of aliphatic hydroxyl groups is 1. The van der Waals surface area contributed by atoms with Crippen LogP contribution in [0, 0.1) is 11.8 Å². The number of aliphatic hydroxyl groups excluding tert-OH is 1. The van der Waals surface area contributed by atoms with Crippen LogP contribution in [0.15, 0.2) is 60.7 Å². The van der Waals surface area contributed by atoms with E-state index < -0.39 is 102 Å². The van der Waals surface area contributed by atoms with Gasteiger partial charge in [-0.2, -0.15) is 0 Å².